The molecular weight excluding hydrogens is 162 g/mol. The number of hydrogen-bond donors (Lipinski definition) is 1. The van der Waals surface area contributed by atoms with Crippen molar-refractivity contribution in [3.8, 4) is 0 Å². The first-order chi connectivity index (χ1) is 5.29. The second-order valence-electron chi connectivity index (χ2n) is 2.15. The van der Waals surface area contributed by atoms with Gasteiger partial charge in [0.25, 0.3) is 0 Å². The topological polar surface area (TPSA) is 38.3 Å². The molecule has 0 saturated carbocycles. The number of nitrogens with zero attached hydrogens (tertiary/aromatic N) is 1. The van der Waals surface area contributed by atoms with E-state index >= 15 is 0 Å². The summed E-state index contributed by atoms with van der Waals surface area (Å²) in [6.45, 7) is 0. The fourth-order valence-corrected chi connectivity index (χ4v) is 1.14. The normalized spacial score (nSPS) is 10.5. The Hall–Kier alpha value is -1.29. The Labute approximate surface area is 67.4 Å². The van der Waals surface area contributed by atoms with Crippen LogP contribution in [0.1, 0.15) is 0 Å². The minimum Gasteiger partial charge on any atom is -0.427 e. The Morgan fingerprint density at radius 3 is 2.82 bits per heavy atom. The second-order valence-corrected chi connectivity index (χ2v) is 2.50. The zero-order valence-electron chi connectivity index (χ0n) is 5.52. The zero-order chi connectivity index (χ0) is 7.84. The van der Waals surface area contributed by atoms with Crippen LogP contribution in [0.3, 0.4) is 0 Å². The van der Waals surface area contributed by atoms with Crippen molar-refractivity contribution in [2.45, 2.75) is 0 Å². The Balaban J connectivity index is 3.04. The average molecular weight is 167 g/mol. The Morgan fingerprint density at radius 1 is 1.36 bits per heavy atom. The van der Waals surface area contributed by atoms with Crippen molar-refractivity contribution < 1.29 is 9.62 Å². The lowest BCUT2D eigenvalue weighted by molar-refractivity contribution is 0.180. The van der Waals surface area contributed by atoms with Crippen LogP contribution in [0.25, 0.3) is 11.1 Å². The number of aromatic nitrogens is 1. The molecule has 0 aliphatic heterocycles. The van der Waals surface area contributed by atoms with Crippen molar-refractivity contribution in [1.82, 2.24) is 4.73 Å². The molecule has 4 heteroatoms. The van der Waals surface area contributed by atoms with Crippen LogP contribution in [-0.2, 0) is 0 Å². The van der Waals surface area contributed by atoms with Crippen molar-refractivity contribution >= 4 is 23.3 Å². The van der Waals surface area contributed by atoms with Crippen molar-refractivity contribution in [3.05, 3.63) is 29.1 Å². The molecule has 1 heterocycles. The molecule has 1 aromatic heterocycles. The largest absolute Gasteiger partial charge is 0.427 e. The number of rotatable bonds is 0. The van der Waals surface area contributed by atoms with Gasteiger partial charge in [-0.3, -0.25) is 0 Å². The first-order valence-corrected chi connectivity index (χ1v) is 3.50. The summed E-state index contributed by atoms with van der Waals surface area (Å²) in [4.78, 5) is 0.0752. The third-order valence-electron chi connectivity index (χ3n) is 1.46. The van der Waals surface area contributed by atoms with Crippen LogP contribution in [0, 0.1) is 4.84 Å². The van der Waals surface area contributed by atoms with Crippen LogP contribution < -0.4 is 0 Å². The number of para-hydroxylation sites is 2. The number of oxazole rings is 1. The first kappa shape index (κ1) is 6.42. The van der Waals surface area contributed by atoms with Crippen LogP contribution in [0.2, 0.25) is 0 Å². The summed E-state index contributed by atoms with van der Waals surface area (Å²) in [5.74, 6) is 0. The van der Waals surface area contributed by atoms with Gasteiger partial charge in [0.05, 0.1) is 0 Å². The molecule has 1 N–H and O–H groups in total. The van der Waals surface area contributed by atoms with E-state index in [0.717, 1.165) is 4.73 Å². The maximum Gasteiger partial charge on any atom is 0.303 e. The zero-order valence-corrected chi connectivity index (χ0v) is 6.34. The van der Waals surface area contributed by atoms with Gasteiger partial charge in [0.15, 0.2) is 5.58 Å². The first-order valence-electron chi connectivity index (χ1n) is 3.09. The predicted octanol–water partition coefficient (Wildman–Crippen LogP) is 2.20. The third-order valence-corrected chi connectivity index (χ3v) is 1.72. The highest BCUT2D eigenvalue weighted by atomic mass is 32.1. The lowest BCUT2D eigenvalue weighted by atomic mass is 10.3. The van der Waals surface area contributed by atoms with Crippen molar-refractivity contribution in [2.24, 2.45) is 0 Å². The molecule has 0 aliphatic carbocycles. The van der Waals surface area contributed by atoms with Gasteiger partial charge in [0.2, 0.25) is 0 Å². The van der Waals surface area contributed by atoms with Crippen LogP contribution in [0.4, 0.5) is 0 Å². The van der Waals surface area contributed by atoms with Gasteiger partial charge in [-0.2, -0.15) is 0 Å². The smallest absolute Gasteiger partial charge is 0.303 e. The molecule has 0 fully saturated rings. The van der Waals surface area contributed by atoms with Gasteiger partial charge in [0, 0.05) is 0 Å². The van der Waals surface area contributed by atoms with Gasteiger partial charge in [-0.1, -0.05) is 12.1 Å². The van der Waals surface area contributed by atoms with Crippen LogP contribution in [0.15, 0.2) is 28.7 Å². The van der Waals surface area contributed by atoms with E-state index in [2.05, 4.69) is 0 Å². The summed E-state index contributed by atoms with van der Waals surface area (Å²) in [5.41, 5.74) is 1.19. The minimum absolute atomic E-state index is 0.0752. The van der Waals surface area contributed by atoms with Gasteiger partial charge in [-0.05, 0) is 24.4 Å². The lowest BCUT2D eigenvalue weighted by Gasteiger charge is -1.87. The molecule has 1 aromatic carbocycles. The summed E-state index contributed by atoms with van der Waals surface area (Å²) in [6, 6.07) is 7.10. The van der Waals surface area contributed by atoms with E-state index in [0.29, 0.717) is 11.1 Å². The van der Waals surface area contributed by atoms with E-state index in [1.54, 1.807) is 18.2 Å². The fourth-order valence-electron chi connectivity index (χ4n) is 0.954. The maximum atomic E-state index is 9.22. The molecule has 0 saturated heterocycles. The fraction of sp³-hybridized carbons (Fsp3) is 0. The van der Waals surface area contributed by atoms with Gasteiger partial charge in [0.1, 0.15) is 5.52 Å². The van der Waals surface area contributed by atoms with Crippen LogP contribution >= 0.6 is 12.2 Å². The monoisotopic (exact) mass is 167 g/mol. The molecule has 11 heavy (non-hydrogen) atoms. The van der Waals surface area contributed by atoms with E-state index in [9.17, 15) is 5.21 Å². The maximum absolute atomic E-state index is 9.22. The minimum atomic E-state index is 0.0752. The highest BCUT2D eigenvalue weighted by Crippen LogP contribution is 2.14. The average Bonchev–Trinajstić information content (AvgIpc) is 2.30. The SMILES string of the molecule is On1c(=S)oc2ccccc21. The number of fused-ring (bicyclic) bond motifs is 1. The van der Waals surface area contributed by atoms with Crippen molar-refractivity contribution in [2.75, 3.05) is 0 Å². The van der Waals surface area contributed by atoms with Crippen molar-refractivity contribution in [3.63, 3.8) is 0 Å². The molecule has 0 atom stereocenters. The summed E-state index contributed by atoms with van der Waals surface area (Å²) in [7, 11) is 0. The van der Waals surface area contributed by atoms with Crippen LogP contribution in [-0.4, -0.2) is 9.94 Å². The van der Waals surface area contributed by atoms with Gasteiger partial charge < -0.3 is 9.62 Å². The van der Waals surface area contributed by atoms with E-state index in [1.165, 1.54) is 0 Å². The van der Waals surface area contributed by atoms with E-state index in [4.69, 9.17) is 16.6 Å². The third kappa shape index (κ3) is 0.832. The van der Waals surface area contributed by atoms with Gasteiger partial charge in [-0.15, -0.1) is 4.73 Å². The van der Waals surface area contributed by atoms with E-state index in [-0.39, 0.29) is 4.84 Å². The standard InChI is InChI=1S/C7H5NO2S/c9-8-5-3-1-2-4-6(5)10-7(8)11/h1-4,9H. The lowest BCUT2D eigenvalue weighted by Crippen LogP contribution is -1.86. The summed E-state index contributed by atoms with van der Waals surface area (Å²) in [6.07, 6.45) is 0. The quantitative estimate of drug-likeness (QED) is 0.483. The Kier molecular flexibility index (Phi) is 1.22. The molecular formula is C7H5NO2S. The molecule has 0 radical (unpaired) electrons. The van der Waals surface area contributed by atoms with Gasteiger partial charge >= 0.3 is 4.84 Å². The Morgan fingerprint density at radius 2 is 2.09 bits per heavy atom. The Bertz CT molecular complexity index is 443. The summed E-state index contributed by atoms with van der Waals surface area (Å²) >= 11 is 4.70. The molecule has 0 bridgehead atoms. The van der Waals surface area contributed by atoms with Crippen LogP contribution in [0.5, 0.6) is 0 Å². The van der Waals surface area contributed by atoms with E-state index < -0.39 is 0 Å². The summed E-state index contributed by atoms with van der Waals surface area (Å²) in [5, 5.41) is 9.22. The molecule has 0 amide bonds. The number of hydrogen-bond acceptors (Lipinski definition) is 3. The highest BCUT2D eigenvalue weighted by molar-refractivity contribution is 7.71. The molecule has 0 spiro atoms. The van der Waals surface area contributed by atoms with Crippen molar-refractivity contribution in [1.29, 1.82) is 0 Å². The second kappa shape index (κ2) is 2.10. The molecule has 56 valence electrons. The highest BCUT2D eigenvalue weighted by Gasteiger charge is 2.01. The molecule has 3 nitrogen and oxygen atoms in total. The van der Waals surface area contributed by atoms with Gasteiger partial charge in [-0.25, -0.2) is 0 Å². The summed E-state index contributed by atoms with van der Waals surface area (Å²) < 4.78 is 5.88. The molecule has 2 aromatic rings. The molecule has 0 aliphatic rings. The molecule has 0 unspecified atom stereocenters. The number of benzene rings is 1. The molecule has 2 rings (SSSR count). The predicted molar refractivity (Wildman–Crippen MR) is 42.2 cm³/mol. The van der Waals surface area contributed by atoms with E-state index in [1.807, 2.05) is 6.07 Å².